The number of carbonyl (C=O) groups excluding carboxylic acids is 1. The van der Waals surface area contributed by atoms with E-state index in [1.165, 1.54) is 11.3 Å². The normalized spacial score (nSPS) is 14.7. The molecule has 2 rings (SSSR count). The second-order valence-electron chi connectivity index (χ2n) is 6.14. The van der Waals surface area contributed by atoms with E-state index in [-0.39, 0.29) is 6.09 Å². The molecule has 0 N–H and O–H groups in total. The second kappa shape index (κ2) is 6.96. The lowest BCUT2D eigenvalue weighted by molar-refractivity contribution is 0.0236. The Bertz CT molecular complexity index is 486. The van der Waals surface area contributed by atoms with Crippen molar-refractivity contribution >= 4 is 6.09 Å². The van der Waals surface area contributed by atoms with E-state index in [4.69, 9.17) is 4.74 Å². The van der Waals surface area contributed by atoms with Gasteiger partial charge in [0.15, 0.2) is 0 Å². The standard InChI is InChI=1S/C14H23N3O2.C2H6/c1-10-11-9-17(13(18)19-14(2,3)4)8-6-7-12(11)16(5)15-10;1-2/h6-9H2,1-5H3;1-2H3. The van der Waals surface area contributed by atoms with Crippen LogP contribution in [0.15, 0.2) is 0 Å². The molecule has 0 unspecified atom stereocenters. The van der Waals surface area contributed by atoms with E-state index in [0.29, 0.717) is 6.54 Å². The van der Waals surface area contributed by atoms with Gasteiger partial charge in [-0.2, -0.15) is 5.10 Å². The molecule has 1 amide bonds. The van der Waals surface area contributed by atoms with Crippen LogP contribution in [-0.2, 0) is 24.8 Å². The molecule has 5 nitrogen and oxygen atoms in total. The van der Waals surface area contributed by atoms with E-state index in [2.05, 4.69) is 5.10 Å². The summed E-state index contributed by atoms with van der Waals surface area (Å²) in [6, 6.07) is 0. The number of aromatic nitrogens is 2. The Labute approximate surface area is 128 Å². The molecule has 0 aliphatic carbocycles. The first-order valence-electron chi connectivity index (χ1n) is 7.77. The van der Waals surface area contributed by atoms with Crippen LogP contribution in [-0.4, -0.2) is 32.9 Å². The number of aryl methyl sites for hydroxylation is 2. The highest BCUT2D eigenvalue weighted by molar-refractivity contribution is 5.68. The van der Waals surface area contributed by atoms with Gasteiger partial charge in [-0.05, 0) is 40.5 Å². The maximum atomic E-state index is 12.2. The van der Waals surface area contributed by atoms with E-state index in [1.807, 2.05) is 53.3 Å². The first-order valence-corrected chi connectivity index (χ1v) is 7.77. The number of nitrogens with zero attached hydrogens (tertiary/aromatic N) is 3. The molecule has 0 atom stereocenters. The Balaban J connectivity index is 0.00000106. The number of fused-ring (bicyclic) bond motifs is 1. The highest BCUT2D eigenvalue weighted by Gasteiger charge is 2.26. The van der Waals surface area contributed by atoms with Crippen molar-refractivity contribution in [2.45, 2.75) is 66.5 Å². The molecular formula is C16H29N3O2. The van der Waals surface area contributed by atoms with Crippen LogP contribution in [0.5, 0.6) is 0 Å². The molecule has 0 saturated carbocycles. The zero-order chi connectivity index (χ0) is 16.2. The van der Waals surface area contributed by atoms with Crippen molar-refractivity contribution in [1.29, 1.82) is 0 Å². The fourth-order valence-corrected chi connectivity index (χ4v) is 2.46. The van der Waals surface area contributed by atoms with Gasteiger partial charge >= 0.3 is 6.09 Å². The van der Waals surface area contributed by atoms with Gasteiger partial charge < -0.3 is 9.64 Å². The van der Waals surface area contributed by atoms with E-state index in [1.54, 1.807) is 4.90 Å². The van der Waals surface area contributed by atoms with Gasteiger partial charge in [-0.3, -0.25) is 4.68 Å². The lowest BCUT2D eigenvalue weighted by Gasteiger charge is -2.26. The van der Waals surface area contributed by atoms with Gasteiger partial charge in [-0.25, -0.2) is 4.79 Å². The quantitative estimate of drug-likeness (QED) is 0.736. The largest absolute Gasteiger partial charge is 0.444 e. The number of amides is 1. The molecule has 0 radical (unpaired) electrons. The summed E-state index contributed by atoms with van der Waals surface area (Å²) in [5.41, 5.74) is 2.97. The summed E-state index contributed by atoms with van der Waals surface area (Å²) in [6.45, 7) is 13.0. The maximum absolute atomic E-state index is 12.2. The molecule has 0 saturated heterocycles. The minimum Gasteiger partial charge on any atom is -0.444 e. The van der Waals surface area contributed by atoms with Crippen LogP contribution in [0.3, 0.4) is 0 Å². The third kappa shape index (κ3) is 4.48. The third-order valence-corrected chi connectivity index (χ3v) is 3.32. The fraction of sp³-hybridized carbons (Fsp3) is 0.750. The van der Waals surface area contributed by atoms with Crippen LogP contribution in [0.1, 0.15) is 58.0 Å². The number of hydrogen-bond acceptors (Lipinski definition) is 3. The smallest absolute Gasteiger partial charge is 0.410 e. The molecule has 0 aromatic carbocycles. The van der Waals surface area contributed by atoms with Crippen LogP contribution in [0.4, 0.5) is 4.79 Å². The molecule has 1 aliphatic heterocycles. The van der Waals surface area contributed by atoms with Gasteiger partial charge in [-0.15, -0.1) is 0 Å². The molecule has 0 spiro atoms. The predicted octanol–water partition coefficient (Wildman–Crippen LogP) is 3.44. The van der Waals surface area contributed by atoms with Crippen molar-refractivity contribution in [3.8, 4) is 0 Å². The van der Waals surface area contributed by atoms with E-state index in [9.17, 15) is 4.79 Å². The first kappa shape index (κ1) is 17.5. The van der Waals surface area contributed by atoms with Crippen molar-refractivity contribution in [2.75, 3.05) is 6.54 Å². The molecule has 2 heterocycles. The van der Waals surface area contributed by atoms with Crippen molar-refractivity contribution in [2.24, 2.45) is 7.05 Å². The van der Waals surface area contributed by atoms with Gasteiger partial charge in [-0.1, -0.05) is 13.8 Å². The molecule has 1 aromatic heterocycles. The topological polar surface area (TPSA) is 47.4 Å². The average Bonchev–Trinajstić information content (AvgIpc) is 2.58. The fourth-order valence-electron chi connectivity index (χ4n) is 2.46. The maximum Gasteiger partial charge on any atom is 0.410 e. The number of ether oxygens (including phenoxy) is 1. The van der Waals surface area contributed by atoms with Crippen molar-refractivity contribution < 1.29 is 9.53 Å². The zero-order valence-corrected chi connectivity index (χ0v) is 14.5. The minimum absolute atomic E-state index is 0.233. The summed E-state index contributed by atoms with van der Waals surface area (Å²) >= 11 is 0. The zero-order valence-electron chi connectivity index (χ0n) is 14.5. The summed E-state index contributed by atoms with van der Waals surface area (Å²) < 4.78 is 7.39. The molecule has 21 heavy (non-hydrogen) atoms. The van der Waals surface area contributed by atoms with Crippen LogP contribution in [0.25, 0.3) is 0 Å². The number of hydrogen-bond donors (Lipinski definition) is 0. The van der Waals surface area contributed by atoms with Crippen LogP contribution in [0, 0.1) is 6.92 Å². The van der Waals surface area contributed by atoms with Crippen LogP contribution < -0.4 is 0 Å². The van der Waals surface area contributed by atoms with Crippen LogP contribution >= 0.6 is 0 Å². The van der Waals surface area contributed by atoms with Gasteiger partial charge in [0.05, 0.1) is 12.2 Å². The molecule has 5 heteroatoms. The van der Waals surface area contributed by atoms with Gasteiger partial charge in [0.25, 0.3) is 0 Å². The van der Waals surface area contributed by atoms with Gasteiger partial charge in [0, 0.05) is 24.8 Å². The Morgan fingerprint density at radius 2 is 1.90 bits per heavy atom. The van der Waals surface area contributed by atoms with Crippen molar-refractivity contribution in [3.05, 3.63) is 17.0 Å². The van der Waals surface area contributed by atoms with E-state index < -0.39 is 5.60 Å². The predicted molar refractivity (Wildman–Crippen MR) is 84.3 cm³/mol. The van der Waals surface area contributed by atoms with Crippen LogP contribution in [0.2, 0.25) is 0 Å². The molecule has 120 valence electrons. The molecule has 1 aromatic rings. The highest BCUT2D eigenvalue weighted by Crippen LogP contribution is 2.22. The number of carbonyl (C=O) groups is 1. The SMILES string of the molecule is CC.Cc1nn(C)c2c1CN(C(=O)OC(C)(C)C)CCC2. The lowest BCUT2D eigenvalue weighted by Crippen LogP contribution is -2.36. The molecular weight excluding hydrogens is 266 g/mol. The molecule has 0 bridgehead atoms. The lowest BCUT2D eigenvalue weighted by atomic mass is 10.1. The molecule has 0 fully saturated rings. The minimum atomic E-state index is -0.448. The Kier molecular flexibility index (Phi) is 5.81. The summed E-state index contributed by atoms with van der Waals surface area (Å²) in [4.78, 5) is 14.0. The van der Waals surface area contributed by atoms with E-state index in [0.717, 1.165) is 25.1 Å². The van der Waals surface area contributed by atoms with Gasteiger partial charge in [0.2, 0.25) is 0 Å². The molecule has 1 aliphatic rings. The average molecular weight is 295 g/mol. The first-order chi connectivity index (χ1) is 9.78. The Morgan fingerprint density at radius 3 is 2.48 bits per heavy atom. The summed E-state index contributed by atoms with van der Waals surface area (Å²) in [7, 11) is 1.97. The Hall–Kier alpha value is -1.52. The Morgan fingerprint density at radius 1 is 1.29 bits per heavy atom. The highest BCUT2D eigenvalue weighted by atomic mass is 16.6. The third-order valence-electron chi connectivity index (χ3n) is 3.32. The second-order valence-corrected chi connectivity index (χ2v) is 6.14. The number of rotatable bonds is 0. The van der Waals surface area contributed by atoms with E-state index >= 15 is 0 Å². The monoisotopic (exact) mass is 295 g/mol. The summed E-state index contributed by atoms with van der Waals surface area (Å²) in [6.07, 6.45) is 1.68. The van der Waals surface area contributed by atoms with Crippen molar-refractivity contribution in [1.82, 2.24) is 14.7 Å². The van der Waals surface area contributed by atoms with Crippen molar-refractivity contribution in [3.63, 3.8) is 0 Å². The summed E-state index contributed by atoms with van der Waals surface area (Å²) in [5, 5.41) is 4.44. The van der Waals surface area contributed by atoms with Gasteiger partial charge in [0.1, 0.15) is 5.60 Å². The summed E-state index contributed by atoms with van der Waals surface area (Å²) in [5.74, 6) is 0.